The molecule has 1 N–H and O–H groups in total. The maximum atomic E-state index is 13.3. The highest BCUT2D eigenvalue weighted by atomic mass is 19.1. The maximum absolute atomic E-state index is 13.3. The van der Waals surface area contributed by atoms with Gasteiger partial charge in [-0.05, 0) is 54.8 Å². The second-order valence-corrected chi connectivity index (χ2v) is 6.19. The molecule has 3 nitrogen and oxygen atoms in total. The van der Waals surface area contributed by atoms with Crippen LogP contribution in [0.4, 0.5) is 10.1 Å². The van der Waals surface area contributed by atoms with Gasteiger partial charge in [-0.25, -0.2) is 4.39 Å². The highest BCUT2D eigenvalue weighted by Gasteiger charge is 2.07. The lowest BCUT2D eigenvalue weighted by molar-refractivity contribution is -0.118. The summed E-state index contributed by atoms with van der Waals surface area (Å²) in [4.78, 5) is 12.0. The Labute approximate surface area is 152 Å². The van der Waals surface area contributed by atoms with Crippen LogP contribution in [-0.2, 0) is 4.79 Å². The first-order valence-electron chi connectivity index (χ1n) is 8.37. The van der Waals surface area contributed by atoms with E-state index in [1.54, 1.807) is 13.0 Å². The SMILES string of the molecule is Cc1ccc(-c2ccc(OCC(=O)Nc3cc(F)ccc3C)cc2)cc1. The normalized spacial score (nSPS) is 10.4. The van der Waals surface area contributed by atoms with Gasteiger partial charge in [0, 0.05) is 5.69 Å². The number of halogens is 1. The Morgan fingerprint density at radius 1 is 0.923 bits per heavy atom. The summed E-state index contributed by atoms with van der Waals surface area (Å²) in [6.45, 7) is 3.72. The molecule has 0 radical (unpaired) electrons. The second kappa shape index (κ2) is 7.83. The van der Waals surface area contributed by atoms with Crippen LogP contribution in [-0.4, -0.2) is 12.5 Å². The summed E-state index contributed by atoms with van der Waals surface area (Å²) in [5.74, 6) is -0.119. The van der Waals surface area contributed by atoms with Crippen molar-refractivity contribution in [3.05, 3.63) is 83.7 Å². The van der Waals surface area contributed by atoms with Crippen LogP contribution in [0.5, 0.6) is 5.75 Å². The highest BCUT2D eigenvalue weighted by molar-refractivity contribution is 5.92. The summed E-state index contributed by atoms with van der Waals surface area (Å²) < 4.78 is 18.8. The molecule has 3 aromatic carbocycles. The number of rotatable bonds is 5. The van der Waals surface area contributed by atoms with Gasteiger partial charge in [0.2, 0.25) is 0 Å². The molecule has 0 aliphatic carbocycles. The van der Waals surface area contributed by atoms with Crippen LogP contribution in [0.15, 0.2) is 66.7 Å². The summed E-state index contributed by atoms with van der Waals surface area (Å²) in [6.07, 6.45) is 0. The number of carbonyl (C=O) groups excluding carboxylic acids is 1. The number of benzene rings is 3. The fourth-order valence-electron chi connectivity index (χ4n) is 2.55. The molecule has 0 atom stereocenters. The minimum atomic E-state index is -0.390. The third-order valence-electron chi connectivity index (χ3n) is 4.08. The van der Waals surface area contributed by atoms with Crippen LogP contribution in [0.1, 0.15) is 11.1 Å². The van der Waals surface area contributed by atoms with Crippen molar-refractivity contribution >= 4 is 11.6 Å². The number of anilines is 1. The molecule has 0 aliphatic heterocycles. The van der Waals surface area contributed by atoms with Gasteiger partial charge < -0.3 is 10.1 Å². The van der Waals surface area contributed by atoms with Crippen molar-refractivity contribution in [2.75, 3.05) is 11.9 Å². The minimum Gasteiger partial charge on any atom is -0.484 e. The van der Waals surface area contributed by atoms with E-state index in [0.717, 1.165) is 16.7 Å². The molecule has 0 aliphatic rings. The van der Waals surface area contributed by atoms with Crippen LogP contribution in [0.25, 0.3) is 11.1 Å². The first-order valence-corrected chi connectivity index (χ1v) is 8.37. The third-order valence-corrected chi connectivity index (χ3v) is 4.08. The summed E-state index contributed by atoms with van der Waals surface area (Å²) in [6, 6.07) is 20.1. The molecule has 0 spiro atoms. The Hall–Kier alpha value is -3.14. The Balaban J connectivity index is 1.58. The predicted molar refractivity (Wildman–Crippen MR) is 102 cm³/mol. The number of amides is 1. The first kappa shape index (κ1) is 17.7. The van der Waals surface area contributed by atoms with E-state index in [0.29, 0.717) is 11.4 Å². The smallest absolute Gasteiger partial charge is 0.262 e. The summed E-state index contributed by atoms with van der Waals surface area (Å²) in [5.41, 5.74) is 4.67. The summed E-state index contributed by atoms with van der Waals surface area (Å²) in [5, 5.41) is 2.66. The molecule has 132 valence electrons. The van der Waals surface area contributed by atoms with Crippen molar-refractivity contribution in [3.8, 4) is 16.9 Å². The first-order chi connectivity index (χ1) is 12.5. The Kier molecular flexibility index (Phi) is 5.32. The van der Waals surface area contributed by atoms with E-state index in [2.05, 4.69) is 36.5 Å². The number of hydrogen-bond donors (Lipinski definition) is 1. The molecule has 3 aromatic rings. The molecule has 0 aromatic heterocycles. The van der Waals surface area contributed by atoms with Gasteiger partial charge in [0.05, 0.1) is 0 Å². The lowest BCUT2D eigenvalue weighted by atomic mass is 10.0. The molecular weight excluding hydrogens is 329 g/mol. The predicted octanol–water partition coefficient (Wildman–Crippen LogP) is 5.13. The van der Waals surface area contributed by atoms with Crippen LogP contribution < -0.4 is 10.1 Å². The van der Waals surface area contributed by atoms with Gasteiger partial charge >= 0.3 is 0 Å². The van der Waals surface area contributed by atoms with Gasteiger partial charge in [-0.1, -0.05) is 48.0 Å². The number of carbonyl (C=O) groups is 1. The zero-order chi connectivity index (χ0) is 18.5. The van der Waals surface area contributed by atoms with Crippen molar-refractivity contribution in [1.29, 1.82) is 0 Å². The third kappa shape index (κ3) is 4.48. The summed E-state index contributed by atoms with van der Waals surface area (Å²) in [7, 11) is 0. The Morgan fingerprint density at radius 2 is 1.54 bits per heavy atom. The number of aryl methyl sites for hydroxylation is 2. The van der Waals surface area contributed by atoms with E-state index in [9.17, 15) is 9.18 Å². The molecule has 0 fully saturated rings. The van der Waals surface area contributed by atoms with E-state index >= 15 is 0 Å². The van der Waals surface area contributed by atoms with Gasteiger partial charge in [0.25, 0.3) is 5.91 Å². The average molecular weight is 349 g/mol. The van der Waals surface area contributed by atoms with Crippen molar-refractivity contribution in [3.63, 3.8) is 0 Å². The van der Waals surface area contributed by atoms with Gasteiger partial charge in [-0.3, -0.25) is 4.79 Å². The fraction of sp³-hybridized carbons (Fsp3) is 0.136. The van der Waals surface area contributed by atoms with Crippen LogP contribution in [0.2, 0.25) is 0 Å². The van der Waals surface area contributed by atoms with Gasteiger partial charge in [-0.2, -0.15) is 0 Å². The molecule has 0 unspecified atom stereocenters. The second-order valence-electron chi connectivity index (χ2n) is 6.19. The number of ether oxygens (including phenoxy) is 1. The van der Waals surface area contributed by atoms with Crippen molar-refractivity contribution in [2.45, 2.75) is 13.8 Å². The van der Waals surface area contributed by atoms with Crippen molar-refractivity contribution < 1.29 is 13.9 Å². The number of hydrogen-bond acceptors (Lipinski definition) is 2. The molecule has 1 amide bonds. The van der Waals surface area contributed by atoms with Gasteiger partial charge in [-0.15, -0.1) is 0 Å². The monoisotopic (exact) mass is 349 g/mol. The topological polar surface area (TPSA) is 38.3 Å². The lowest BCUT2D eigenvalue weighted by Gasteiger charge is -2.10. The van der Waals surface area contributed by atoms with Crippen LogP contribution in [0, 0.1) is 19.7 Å². The molecule has 3 rings (SSSR count). The van der Waals surface area contributed by atoms with Crippen LogP contribution >= 0.6 is 0 Å². The zero-order valence-electron chi connectivity index (χ0n) is 14.8. The molecular formula is C22H20FNO2. The van der Waals surface area contributed by atoms with Crippen LogP contribution in [0.3, 0.4) is 0 Å². The van der Waals surface area contributed by atoms with E-state index in [-0.39, 0.29) is 12.5 Å². The highest BCUT2D eigenvalue weighted by Crippen LogP contribution is 2.23. The van der Waals surface area contributed by atoms with Gasteiger partial charge in [0.1, 0.15) is 11.6 Å². The average Bonchev–Trinajstić information content (AvgIpc) is 2.64. The van der Waals surface area contributed by atoms with Gasteiger partial charge in [0.15, 0.2) is 6.61 Å². The molecule has 4 heteroatoms. The summed E-state index contributed by atoms with van der Waals surface area (Å²) >= 11 is 0. The van der Waals surface area contributed by atoms with Crippen molar-refractivity contribution in [2.24, 2.45) is 0 Å². The maximum Gasteiger partial charge on any atom is 0.262 e. The fourth-order valence-corrected chi connectivity index (χ4v) is 2.55. The molecule has 26 heavy (non-hydrogen) atoms. The Morgan fingerprint density at radius 3 is 2.19 bits per heavy atom. The lowest BCUT2D eigenvalue weighted by Crippen LogP contribution is -2.20. The molecule has 0 heterocycles. The minimum absolute atomic E-state index is 0.139. The van der Waals surface area contributed by atoms with E-state index in [1.165, 1.54) is 17.7 Å². The number of nitrogens with one attached hydrogen (secondary N) is 1. The standard InChI is InChI=1S/C22H20FNO2/c1-15-3-6-17(7-4-15)18-8-11-20(12-9-18)26-14-22(25)24-21-13-19(23)10-5-16(21)2/h3-13H,14H2,1-2H3,(H,24,25). The Bertz CT molecular complexity index is 902. The van der Waals surface area contributed by atoms with E-state index in [1.807, 2.05) is 24.3 Å². The largest absolute Gasteiger partial charge is 0.484 e. The quantitative estimate of drug-likeness (QED) is 0.694. The van der Waals surface area contributed by atoms with E-state index < -0.39 is 5.82 Å². The zero-order valence-corrected chi connectivity index (χ0v) is 14.8. The van der Waals surface area contributed by atoms with Crippen molar-refractivity contribution in [1.82, 2.24) is 0 Å². The molecule has 0 bridgehead atoms. The molecule has 0 saturated carbocycles. The van der Waals surface area contributed by atoms with E-state index in [4.69, 9.17) is 4.74 Å². The molecule has 0 saturated heterocycles.